The maximum absolute atomic E-state index is 11.9. The van der Waals surface area contributed by atoms with Crippen LogP contribution in [0.1, 0.15) is 44.7 Å². The van der Waals surface area contributed by atoms with Gasteiger partial charge in [0.2, 0.25) is 0 Å². The van der Waals surface area contributed by atoms with Crippen molar-refractivity contribution in [1.82, 2.24) is 16.0 Å². The molecule has 32 heavy (non-hydrogen) atoms. The molecule has 1 amide bonds. The summed E-state index contributed by atoms with van der Waals surface area (Å²) in [7, 11) is 1.73. The van der Waals surface area contributed by atoms with Gasteiger partial charge in [0.1, 0.15) is 5.75 Å². The van der Waals surface area contributed by atoms with Crippen LogP contribution in [0.5, 0.6) is 5.75 Å². The highest BCUT2D eigenvalue weighted by Crippen LogP contribution is 2.22. The summed E-state index contributed by atoms with van der Waals surface area (Å²) >= 11 is 0. The molecular formula is C24H40N4O4. The Bertz CT molecular complexity index is 733. The molecule has 1 heterocycles. The first kappa shape index (κ1) is 25.8. The van der Waals surface area contributed by atoms with Crippen LogP contribution in [0.4, 0.5) is 4.79 Å². The summed E-state index contributed by atoms with van der Waals surface area (Å²) in [5.41, 5.74) is 2.23. The fraction of sp³-hybridized carbons (Fsp3) is 0.667. The fourth-order valence-corrected chi connectivity index (χ4v) is 3.59. The van der Waals surface area contributed by atoms with Crippen LogP contribution in [0.2, 0.25) is 0 Å². The molecule has 1 aliphatic rings. The minimum Gasteiger partial charge on any atom is -0.493 e. The standard InChI is InChI=1S/C24H40N4O4/c1-6-31-24(29)28-21(11-17(2)3)14-27-23(25-5)26-13-20-8-7-18(4)12-22(20)32-16-19-9-10-30-15-19/h7-8,12,17,19,21H,6,9-11,13-16H2,1-5H3,(H,28,29)(H2,25,26,27). The first-order valence-corrected chi connectivity index (χ1v) is 11.6. The van der Waals surface area contributed by atoms with Gasteiger partial charge in [-0.1, -0.05) is 26.0 Å². The number of carbonyl (C=O) groups is 1. The van der Waals surface area contributed by atoms with Gasteiger partial charge in [-0.05, 0) is 44.2 Å². The number of nitrogens with one attached hydrogen (secondary N) is 3. The summed E-state index contributed by atoms with van der Waals surface area (Å²) in [6, 6.07) is 6.19. The number of carbonyl (C=O) groups excluding carboxylic acids is 1. The van der Waals surface area contributed by atoms with E-state index in [1.54, 1.807) is 14.0 Å². The summed E-state index contributed by atoms with van der Waals surface area (Å²) in [4.78, 5) is 16.2. The molecule has 1 saturated heterocycles. The Balaban J connectivity index is 1.90. The quantitative estimate of drug-likeness (QED) is 0.356. The summed E-state index contributed by atoms with van der Waals surface area (Å²) in [5, 5.41) is 9.59. The van der Waals surface area contributed by atoms with Crippen LogP contribution in [0.15, 0.2) is 23.2 Å². The number of benzene rings is 1. The van der Waals surface area contributed by atoms with Crippen molar-refractivity contribution in [3.05, 3.63) is 29.3 Å². The topological polar surface area (TPSA) is 93.2 Å². The molecule has 1 aliphatic heterocycles. The third kappa shape index (κ3) is 9.34. The SMILES string of the molecule is CCOC(=O)NC(CNC(=NC)NCc1ccc(C)cc1OCC1CCOC1)CC(C)C. The number of ether oxygens (including phenoxy) is 3. The molecular weight excluding hydrogens is 408 g/mol. The lowest BCUT2D eigenvalue weighted by Gasteiger charge is -2.22. The second kappa shape index (κ2) is 13.8. The van der Waals surface area contributed by atoms with Crippen molar-refractivity contribution in [2.24, 2.45) is 16.8 Å². The molecule has 1 aromatic rings. The molecule has 180 valence electrons. The Labute approximate surface area is 192 Å². The molecule has 0 radical (unpaired) electrons. The lowest BCUT2D eigenvalue weighted by molar-refractivity contribution is 0.146. The van der Waals surface area contributed by atoms with Crippen molar-refractivity contribution in [1.29, 1.82) is 0 Å². The third-order valence-corrected chi connectivity index (χ3v) is 5.26. The molecule has 8 heteroatoms. The van der Waals surface area contributed by atoms with Gasteiger partial charge in [-0.2, -0.15) is 0 Å². The van der Waals surface area contributed by atoms with Gasteiger partial charge in [0.25, 0.3) is 0 Å². The zero-order chi connectivity index (χ0) is 23.3. The van der Waals surface area contributed by atoms with Crippen LogP contribution in [-0.4, -0.2) is 58.1 Å². The van der Waals surface area contributed by atoms with Gasteiger partial charge in [-0.15, -0.1) is 0 Å². The predicted molar refractivity (Wildman–Crippen MR) is 127 cm³/mol. The second-order valence-electron chi connectivity index (χ2n) is 8.65. The lowest BCUT2D eigenvalue weighted by Crippen LogP contribution is -2.47. The minimum atomic E-state index is -0.392. The highest BCUT2D eigenvalue weighted by Gasteiger charge is 2.18. The number of hydrogen-bond donors (Lipinski definition) is 3. The van der Waals surface area contributed by atoms with Crippen LogP contribution < -0.4 is 20.7 Å². The third-order valence-electron chi connectivity index (χ3n) is 5.26. The average Bonchev–Trinajstić information content (AvgIpc) is 3.26. The van der Waals surface area contributed by atoms with Gasteiger partial charge in [0.05, 0.1) is 19.8 Å². The van der Waals surface area contributed by atoms with Crippen LogP contribution in [-0.2, 0) is 16.0 Å². The van der Waals surface area contributed by atoms with Crippen molar-refractivity contribution in [3.8, 4) is 5.75 Å². The molecule has 2 atom stereocenters. The maximum atomic E-state index is 11.9. The van der Waals surface area contributed by atoms with Gasteiger partial charge in [0.15, 0.2) is 5.96 Å². The highest BCUT2D eigenvalue weighted by molar-refractivity contribution is 5.79. The summed E-state index contributed by atoms with van der Waals surface area (Å²) in [5.74, 6) is 2.45. The molecule has 8 nitrogen and oxygen atoms in total. The van der Waals surface area contributed by atoms with E-state index in [-0.39, 0.29) is 6.04 Å². The maximum Gasteiger partial charge on any atom is 0.407 e. The van der Waals surface area contributed by atoms with Gasteiger partial charge in [-0.3, -0.25) is 4.99 Å². The van der Waals surface area contributed by atoms with Crippen LogP contribution in [0.25, 0.3) is 0 Å². The molecule has 1 fully saturated rings. The number of rotatable bonds is 11. The Morgan fingerprint density at radius 1 is 1.31 bits per heavy atom. The largest absolute Gasteiger partial charge is 0.493 e. The Kier molecular flexibility index (Phi) is 11.1. The van der Waals surface area contributed by atoms with Gasteiger partial charge in [-0.25, -0.2) is 4.79 Å². The molecule has 0 bridgehead atoms. The van der Waals surface area contributed by atoms with E-state index in [2.05, 4.69) is 59.9 Å². The zero-order valence-corrected chi connectivity index (χ0v) is 20.2. The number of aliphatic imine (C=N–C) groups is 1. The zero-order valence-electron chi connectivity index (χ0n) is 20.2. The molecule has 0 aliphatic carbocycles. The molecule has 0 aromatic heterocycles. The van der Waals surface area contributed by atoms with E-state index in [1.165, 1.54) is 0 Å². The minimum absolute atomic E-state index is 0.0560. The van der Waals surface area contributed by atoms with Crippen LogP contribution >= 0.6 is 0 Å². The number of amides is 1. The predicted octanol–water partition coefficient (Wildman–Crippen LogP) is 3.24. The Morgan fingerprint density at radius 3 is 2.78 bits per heavy atom. The fourth-order valence-electron chi connectivity index (χ4n) is 3.59. The first-order chi connectivity index (χ1) is 15.4. The monoisotopic (exact) mass is 448 g/mol. The second-order valence-corrected chi connectivity index (χ2v) is 8.65. The van der Waals surface area contributed by atoms with Crippen molar-refractivity contribution in [3.63, 3.8) is 0 Å². The smallest absolute Gasteiger partial charge is 0.407 e. The van der Waals surface area contributed by atoms with Gasteiger partial charge in [0, 0.05) is 44.3 Å². The van der Waals surface area contributed by atoms with E-state index < -0.39 is 6.09 Å². The normalized spacial score (nSPS) is 17.2. The molecule has 2 rings (SSSR count). The lowest BCUT2D eigenvalue weighted by atomic mass is 10.0. The number of aryl methyl sites for hydroxylation is 1. The average molecular weight is 449 g/mol. The van der Waals surface area contributed by atoms with Crippen molar-refractivity contribution < 1.29 is 19.0 Å². The van der Waals surface area contributed by atoms with E-state index in [9.17, 15) is 4.79 Å². The molecule has 3 N–H and O–H groups in total. The van der Waals surface area contributed by atoms with Crippen LogP contribution in [0, 0.1) is 18.8 Å². The summed E-state index contributed by atoms with van der Waals surface area (Å²) < 4.78 is 16.6. The number of alkyl carbamates (subject to hydrolysis) is 1. The van der Waals surface area contributed by atoms with Gasteiger partial charge < -0.3 is 30.2 Å². The first-order valence-electron chi connectivity index (χ1n) is 11.6. The Hall–Kier alpha value is -2.48. The van der Waals surface area contributed by atoms with E-state index in [0.717, 1.165) is 42.9 Å². The number of guanidine groups is 1. The van der Waals surface area contributed by atoms with E-state index >= 15 is 0 Å². The molecule has 0 spiro atoms. The van der Waals surface area contributed by atoms with E-state index in [0.29, 0.717) is 44.1 Å². The number of nitrogens with zero attached hydrogens (tertiary/aromatic N) is 1. The summed E-state index contributed by atoms with van der Waals surface area (Å²) in [6.07, 6.45) is 1.49. The number of hydrogen-bond acceptors (Lipinski definition) is 5. The molecule has 1 aromatic carbocycles. The van der Waals surface area contributed by atoms with E-state index in [4.69, 9.17) is 14.2 Å². The highest BCUT2D eigenvalue weighted by atomic mass is 16.5. The van der Waals surface area contributed by atoms with Crippen molar-refractivity contribution in [2.75, 3.05) is 40.0 Å². The molecule has 2 unspecified atom stereocenters. The van der Waals surface area contributed by atoms with Crippen LogP contribution in [0.3, 0.4) is 0 Å². The Morgan fingerprint density at radius 2 is 2.12 bits per heavy atom. The molecule has 0 saturated carbocycles. The van der Waals surface area contributed by atoms with Crippen molar-refractivity contribution in [2.45, 2.75) is 53.1 Å². The van der Waals surface area contributed by atoms with E-state index in [1.807, 2.05) is 0 Å². The summed E-state index contributed by atoms with van der Waals surface area (Å²) in [6.45, 7) is 11.9. The van der Waals surface area contributed by atoms with Crippen molar-refractivity contribution >= 4 is 12.1 Å². The van der Waals surface area contributed by atoms with Gasteiger partial charge >= 0.3 is 6.09 Å².